The number of carboxylic acid groups (broad SMARTS) is 1. The smallest absolute Gasteiger partial charge is 0.303 e. The maximum absolute atomic E-state index is 12.5. The van der Waals surface area contributed by atoms with Crippen LogP contribution in [0.25, 0.3) is 0 Å². The van der Waals surface area contributed by atoms with Crippen molar-refractivity contribution in [1.29, 1.82) is 0 Å². The Kier molecular flexibility index (Phi) is 7.90. The maximum atomic E-state index is 12.5. The van der Waals surface area contributed by atoms with Crippen molar-refractivity contribution in [2.75, 3.05) is 13.7 Å². The maximum Gasteiger partial charge on any atom is 0.303 e. The minimum absolute atomic E-state index is 0.0256. The van der Waals surface area contributed by atoms with Gasteiger partial charge in [0.2, 0.25) is 0 Å². The highest BCUT2D eigenvalue weighted by Gasteiger charge is 2.27. The Bertz CT molecular complexity index is 546. The number of methoxy groups -OCH3 is 1. The van der Waals surface area contributed by atoms with E-state index in [1.54, 1.807) is 12.3 Å². The fourth-order valence-electron chi connectivity index (χ4n) is 2.05. The van der Waals surface area contributed by atoms with Crippen molar-refractivity contribution < 1.29 is 24.2 Å². The molecule has 1 aromatic rings. The van der Waals surface area contributed by atoms with Gasteiger partial charge in [-0.1, -0.05) is 6.42 Å². The van der Waals surface area contributed by atoms with Gasteiger partial charge in [0.25, 0.3) is 0 Å². The van der Waals surface area contributed by atoms with Crippen LogP contribution in [0.15, 0.2) is 22.9 Å². The highest BCUT2D eigenvalue weighted by Crippen LogP contribution is 2.19. The van der Waals surface area contributed by atoms with E-state index >= 15 is 0 Å². The molecule has 0 fully saturated rings. The first-order valence-corrected chi connectivity index (χ1v) is 7.63. The third-order valence-electron chi connectivity index (χ3n) is 3.11. The standard InChI is InChI=1S/C15H18BrNO5/c1-22-9-13(18)12(4-2-3-5-14(19)20)15(21)10-6-11(16)8-17-7-10/h6-8,12H,2-5,9H2,1H3,(H,19,20). The van der Waals surface area contributed by atoms with Gasteiger partial charge in [-0.05, 0) is 34.8 Å². The van der Waals surface area contributed by atoms with Crippen LogP contribution in [0.2, 0.25) is 0 Å². The number of carbonyl (C=O) groups excluding carboxylic acids is 2. The van der Waals surface area contributed by atoms with E-state index in [-0.39, 0.29) is 24.6 Å². The molecule has 0 bridgehead atoms. The van der Waals surface area contributed by atoms with Crippen LogP contribution in [-0.4, -0.2) is 41.3 Å². The van der Waals surface area contributed by atoms with E-state index in [1.165, 1.54) is 13.3 Å². The summed E-state index contributed by atoms with van der Waals surface area (Å²) < 4.78 is 5.47. The minimum atomic E-state index is -0.887. The van der Waals surface area contributed by atoms with E-state index in [2.05, 4.69) is 20.9 Å². The first-order chi connectivity index (χ1) is 10.5. The van der Waals surface area contributed by atoms with E-state index in [1.807, 2.05) is 0 Å². The van der Waals surface area contributed by atoms with Crippen LogP contribution < -0.4 is 0 Å². The molecule has 0 aliphatic heterocycles. The van der Waals surface area contributed by atoms with Gasteiger partial charge in [0.05, 0.1) is 5.92 Å². The summed E-state index contributed by atoms with van der Waals surface area (Å²) in [6.07, 6.45) is 4.21. The van der Waals surface area contributed by atoms with Crippen molar-refractivity contribution in [2.24, 2.45) is 5.92 Å². The number of nitrogens with zero attached hydrogens (tertiary/aromatic N) is 1. The van der Waals surface area contributed by atoms with E-state index < -0.39 is 11.9 Å². The molecule has 22 heavy (non-hydrogen) atoms. The van der Waals surface area contributed by atoms with E-state index in [0.29, 0.717) is 29.3 Å². The van der Waals surface area contributed by atoms with Crippen LogP contribution in [0.3, 0.4) is 0 Å². The summed E-state index contributed by atoms with van der Waals surface area (Å²) in [5.74, 6) is -2.33. The second-order valence-corrected chi connectivity index (χ2v) is 5.76. The first-order valence-electron chi connectivity index (χ1n) is 6.84. The van der Waals surface area contributed by atoms with Crippen LogP contribution in [0.4, 0.5) is 0 Å². The van der Waals surface area contributed by atoms with E-state index in [9.17, 15) is 14.4 Å². The van der Waals surface area contributed by atoms with E-state index in [0.717, 1.165) is 0 Å². The van der Waals surface area contributed by atoms with Crippen LogP contribution in [0.1, 0.15) is 36.0 Å². The Morgan fingerprint density at radius 3 is 2.64 bits per heavy atom. The van der Waals surface area contributed by atoms with Gasteiger partial charge in [-0.15, -0.1) is 0 Å². The summed E-state index contributed by atoms with van der Waals surface area (Å²) in [5.41, 5.74) is 0.349. The molecular weight excluding hydrogens is 354 g/mol. The number of ketones is 2. The van der Waals surface area contributed by atoms with E-state index in [4.69, 9.17) is 9.84 Å². The van der Waals surface area contributed by atoms with Crippen LogP contribution >= 0.6 is 15.9 Å². The van der Waals surface area contributed by atoms with Crippen LogP contribution in [-0.2, 0) is 14.3 Å². The molecule has 0 spiro atoms. The fraction of sp³-hybridized carbons (Fsp3) is 0.467. The summed E-state index contributed by atoms with van der Waals surface area (Å²) in [6, 6.07) is 1.61. The second kappa shape index (κ2) is 9.42. The number of hydrogen-bond acceptors (Lipinski definition) is 5. The lowest BCUT2D eigenvalue weighted by atomic mass is 9.89. The number of Topliss-reactive ketones (excluding diaryl/α,β-unsaturated/α-hetero) is 2. The average molecular weight is 372 g/mol. The van der Waals surface area contributed by atoms with Crippen molar-refractivity contribution in [3.05, 3.63) is 28.5 Å². The summed E-state index contributed by atoms with van der Waals surface area (Å²) in [4.78, 5) is 39.0. The van der Waals surface area contributed by atoms with Crippen LogP contribution in [0.5, 0.6) is 0 Å². The van der Waals surface area contributed by atoms with Gasteiger partial charge in [0.15, 0.2) is 11.6 Å². The van der Waals surface area contributed by atoms with Gasteiger partial charge in [0.1, 0.15) is 6.61 Å². The number of unbranched alkanes of at least 4 members (excludes halogenated alkanes) is 1. The van der Waals surface area contributed by atoms with Crippen molar-refractivity contribution >= 4 is 33.5 Å². The number of halogens is 1. The molecule has 0 amide bonds. The zero-order chi connectivity index (χ0) is 16.5. The fourth-order valence-corrected chi connectivity index (χ4v) is 2.42. The topological polar surface area (TPSA) is 93.6 Å². The third-order valence-corrected chi connectivity index (χ3v) is 3.55. The Morgan fingerprint density at radius 1 is 1.32 bits per heavy atom. The normalized spacial score (nSPS) is 11.9. The monoisotopic (exact) mass is 371 g/mol. The zero-order valence-corrected chi connectivity index (χ0v) is 13.8. The predicted molar refractivity (Wildman–Crippen MR) is 82.7 cm³/mol. The van der Waals surface area contributed by atoms with Crippen molar-refractivity contribution in [3.8, 4) is 0 Å². The second-order valence-electron chi connectivity index (χ2n) is 4.85. The molecule has 1 N–H and O–H groups in total. The lowest BCUT2D eigenvalue weighted by Gasteiger charge is -2.14. The molecule has 0 aliphatic rings. The molecule has 1 rings (SSSR count). The molecule has 0 aliphatic carbocycles. The van der Waals surface area contributed by atoms with Crippen molar-refractivity contribution in [3.63, 3.8) is 0 Å². The van der Waals surface area contributed by atoms with Crippen molar-refractivity contribution in [1.82, 2.24) is 4.98 Å². The van der Waals surface area contributed by atoms with Gasteiger partial charge in [-0.25, -0.2) is 0 Å². The Morgan fingerprint density at radius 2 is 2.05 bits per heavy atom. The number of carbonyl (C=O) groups is 3. The molecule has 1 atom stereocenters. The molecule has 1 heterocycles. The van der Waals surface area contributed by atoms with Gasteiger partial charge in [-0.3, -0.25) is 19.4 Å². The summed E-state index contributed by atoms with van der Waals surface area (Å²) in [6.45, 7) is -0.142. The van der Waals surface area contributed by atoms with Gasteiger partial charge in [0, 0.05) is 36.0 Å². The minimum Gasteiger partial charge on any atom is -0.481 e. The molecule has 7 heteroatoms. The molecule has 6 nitrogen and oxygen atoms in total. The van der Waals surface area contributed by atoms with Crippen molar-refractivity contribution in [2.45, 2.75) is 25.7 Å². The molecule has 1 aromatic heterocycles. The molecule has 0 aromatic carbocycles. The Hall–Kier alpha value is -1.60. The van der Waals surface area contributed by atoms with Gasteiger partial charge in [-0.2, -0.15) is 0 Å². The molecule has 0 saturated carbocycles. The highest BCUT2D eigenvalue weighted by molar-refractivity contribution is 9.10. The SMILES string of the molecule is COCC(=O)C(CCCCC(=O)O)C(=O)c1cncc(Br)c1. The summed E-state index contributed by atoms with van der Waals surface area (Å²) >= 11 is 3.24. The zero-order valence-electron chi connectivity index (χ0n) is 12.3. The van der Waals surface area contributed by atoms with Gasteiger partial charge >= 0.3 is 5.97 Å². The Labute approximate surface area is 137 Å². The first kappa shape index (κ1) is 18.4. The number of carboxylic acids is 1. The Balaban J connectivity index is 2.78. The lowest BCUT2D eigenvalue weighted by molar-refractivity contribution is -0.137. The highest BCUT2D eigenvalue weighted by atomic mass is 79.9. The predicted octanol–water partition coefficient (Wildman–Crippen LogP) is 2.50. The third kappa shape index (κ3) is 6.03. The quantitative estimate of drug-likeness (QED) is 0.385. The molecular formula is C15H18BrNO5. The van der Waals surface area contributed by atoms with Gasteiger partial charge < -0.3 is 9.84 Å². The number of aliphatic carboxylic acids is 1. The molecule has 0 radical (unpaired) electrons. The molecule has 1 unspecified atom stereocenters. The molecule has 120 valence electrons. The number of rotatable bonds is 10. The number of aromatic nitrogens is 1. The number of pyridine rings is 1. The molecule has 0 saturated heterocycles. The summed E-state index contributed by atoms with van der Waals surface area (Å²) in [7, 11) is 1.39. The number of hydrogen-bond donors (Lipinski definition) is 1. The largest absolute Gasteiger partial charge is 0.481 e. The number of ether oxygens (including phenoxy) is 1. The lowest BCUT2D eigenvalue weighted by Crippen LogP contribution is -2.27. The summed E-state index contributed by atoms with van der Waals surface area (Å²) in [5, 5.41) is 8.62. The van der Waals surface area contributed by atoms with Crippen LogP contribution in [0, 0.1) is 5.92 Å². The average Bonchev–Trinajstić information content (AvgIpc) is 2.46.